The predicted molar refractivity (Wildman–Crippen MR) is 61.2 cm³/mol. The third-order valence-electron chi connectivity index (χ3n) is 1.94. The summed E-state index contributed by atoms with van der Waals surface area (Å²) < 4.78 is 4.59. The number of nitrogens with one attached hydrogen (secondary N) is 1. The molecule has 0 saturated heterocycles. The van der Waals surface area contributed by atoms with Crippen molar-refractivity contribution in [2.24, 2.45) is 0 Å². The van der Waals surface area contributed by atoms with E-state index in [1.165, 1.54) is 0 Å². The van der Waals surface area contributed by atoms with Crippen LogP contribution in [0, 0.1) is 13.8 Å². The van der Waals surface area contributed by atoms with Crippen LogP contribution in [0.5, 0.6) is 0 Å². The van der Waals surface area contributed by atoms with Crippen LogP contribution in [0.15, 0.2) is 18.2 Å². The van der Waals surface area contributed by atoms with Gasteiger partial charge in [0, 0.05) is 5.69 Å². The summed E-state index contributed by atoms with van der Waals surface area (Å²) in [7, 11) is 0. The summed E-state index contributed by atoms with van der Waals surface area (Å²) in [5.41, 5.74) is 2.66. The van der Waals surface area contributed by atoms with Gasteiger partial charge in [-0.3, -0.25) is 4.79 Å². The largest absolute Gasteiger partial charge is 0.459 e. The normalized spacial score (nSPS) is 9.69. The van der Waals surface area contributed by atoms with Gasteiger partial charge in [0.2, 0.25) is 0 Å². The summed E-state index contributed by atoms with van der Waals surface area (Å²) in [5, 5.41) is 2.49. The van der Waals surface area contributed by atoms with E-state index in [9.17, 15) is 9.59 Å². The molecule has 1 aromatic carbocycles. The molecule has 1 N–H and O–H groups in total. The second-order valence-corrected chi connectivity index (χ2v) is 3.55. The lowest BCUT2D eigenvalue weighted by molar-refractivity contribution is -0.152. The van der Waals surface area contributed by atoms with E-state index in [1.54, 1.807) is 19.1 Å². The maximum absolute atomic E-state index is 11.3. The second kappa shape index (κ2) is 5.30. The second-order valence-electron chi connectivity index (χ2n) is 3.55. The van der Waals surface area contributed by atoms with Crippen molar-refractivity contribution in [2.45, 2.75) is 20.8 Å². The minimum atomic E-state index is -0.860. The molecule has 0 fully saturated rings. The molecule has 0 unspecified atom stereocenters. The number of anilines is 1. The lowest BCUT2D eigenvalue weighted by Crippen LogP contribution is -2.25. The Kier molecular flexibility index (Phi) is 4.05. The molecular formula is C12H15NO3. The first kappa shape index (κ1) is 12.2. The number of carbonyl (C=O) groups is 2. The third kappa shape index (κ3) is 3.38. The number of carbonyl (C=O) groups excluding carboxylic acids is 2. The first-order valence-corrected chi connectivity index (χ1v) is 5.09. The van der Waals surface area contributed by atoms with Crippen LogP contribution in [0.1, 0.15) is 18.1 Å². The van der Waals surface area contributed by atoms with Crippen molar-refractivity contribution in [1.29, 1.82) is 0 Å². The Hall–Kier alpha value is -1.84. The molecule has 86 valence electrons. The monoisotopic (exact) mass is 221 g/mol. The number of hydrogen-bond donors (Lipinski definition) is 1. The zero-order valence-electron chi connectivity index (χ0n) is 9.66. The van der Waals surface area contributed by atoms with Gasteiger partial charge in [-0.15, -0.1) is 0 Å². The Labute approximate surface area is 94.6 Å². The van der Waals surface area contributed by atoms with E-state index >= 15 is 0 Å². The van der Waals surface area contributed by atoms with Crippen molar-refractivity contribution in [3.63, 3.8) is 0 Å². The summed E-state index contributed by atoms with van der Waals surface area (Å²) in [6.45, 7) is 5.70. The van der Waals surface area contributed by atoms with Gasteiger partial charge in [0.15, 0.2) is 0 Å². The topological polar surface area (TPSA) is 55.4 Å². The van der Waals surface area contributed by atoms with Crippen molar-refractivity contribution in [1.82, 2.24) is 0 Å². The van der Waals surface area contributed by atoms with Gasteiger partial charge in [-0.2, -0.15) is 0 Å². The molecule has 0 saturated carbocycles. The van der Waals surface area contributed by atoms with Crippen LogP contribution < -0.4 is 5.32 Å². The van der Waals surface area contributed by atoms with E-state index < -0.39 is 11.9 Å². The number of hydrogen-bond acceptors (Lipinski definition) is 3. The molecule has 0 radical (unpaired) electrons. The molecule has 1 amide bonds. The Morgan fingerprint density at radius 2 is 1.75 bits per heavy atom. The molecular weight excluding hydrogens is 206 g/mol. The van der Waals surface area contributed by atoms with Gasteiger partial charge in [0.1, 0.15) is 0 Å². The first-order chi connectivity index (χ1) is 7.52. The van der Waals surface area contributed by atoms with Crippen LogP contribution in [0.4, 0.5) is 5.69 Å². The summed E-state index contributed by atoms with van der Waals surface area (Å²) in [5.74, 6) is -1.60. The molecule has 1 aromatic rings. The molecule has 0 heterocycles. The highest BCUT2D eigenvalue weighted by atomic mass is 16.5. The standard InChI is InChI=1S/C12H15NO3/c1-4-16-12(15)11(14)13-10-6-8(2)5-9(3)7-10/h5-7H,4H2,1-3H3,(H,13,14). The van der Waals surface area contributed by atoms with Crippen molar-refractivity contribution >= 4 is 17.6 Å². The highest BCUT2D eigenvalue weighted by Crippen LogP contribution is 2.13. The molecule has 0 spiro atoms. The highest BCUT2D eigenvalue weighted by Gasteiger charge is 2.14. The van der Waals surface area contributed by atoms with Crippen molar-refractivity contribution in [3.8, 4) is 0 Å². The average molecular weight is 221 g/mol. The van der Waals surface area contributed by atoms with Gasteiger partial charge in [-0.05, 0) is 44.0 Å². The Morgan fingerprint density at radius 1 is 1.19 bits per heavy atom. The maximum atomic E-state index is 11.3. The van der Waals surface area contributed by atoms with E-state index in [0.717, 1.165) is 11.1 Å². The van der Waals surface area contributed by atoms with Crippen LogP contribution in [-0.4, -0.2) is 18.5 Å². The van der Waals surface area contributed by atoms with E-state index in [0.29, 0.717) is 5.69 Å². The quantitative estimate of drug-likeness (QED) is 0.612. The third-order valence-corrected chi connectivity index (χ3v) is 1.94. The molecule has 0 aliphatic rings. The van der Waals surface area contributed by atoms with E-state index in [1.807, 2.05) is 19.9 Å². The van der Waals surface area contributed by atoms with Gasteiger partial charge in [0.25, 0.3) is 0 Å². The van der Waals surface area contributed by atoms with Crippen molar-refractivity contribution < 1.29 is 14.3 Å². The van der Waals surface area contributed by atoms with Gasteiger partial charge < -0.3 is 10.1 Å². The summed E-state index contributed by atoms with van der Waals surface area (Å²) in [6, 6.07) is 5.58. The molecule has 1 rings (SSSR count). The number of amides is 1. The van der Waals surface area contributed by atoms with Crippen LogP contribution in [-0.2, 0) is 14.3 Å². The van der Waals surface area contributed by atoms with Crippen molar-refractivity contribution in [3.05, 3.63) is 29.3 Å². The molecule has 0 aromatic heterocycles. The number of rotatable bonds is 2. The summed E-state index contributed by atoms with van der Waals surface area (Å²) in [6.07, 6.45) is 0. The van der Waals surface area contributed by atoms with E-state index in [-0.39, 0.29) is 6.61 Å². The van der Waals surface area contributed by atoms with Gasteiger partial charge in [0.05, 0.1) is 6.61 Å². The fraction of sp³-hybridized carbons (Fsp3) is 0.333. The lowest BCUT2D eigenvalue weighted by Gasteiger charge is -2.06. The smallest absolute Gasteiger partial charge is 0.397 e. The minimum absolute atomic E-state index is 0.194. The summed E-state index contributed by atoms with van der Waals surface area (Å²) >= 11 is 0. The SMILES string of the molecule is CCOC(=O)C(=O)Nc1cc(C)cc(C)c1. The average Bonchev–Trinajstić information content (AvgIpc) is 2.16. The Morgan fingerprint density at radius 3 is 2.25 bits per heavy atom. The maximum Gasteiger partial charge on any atom is 0.397 e. The Balaban J connectivity index is 2.73. The minimum Gasteiger partial charge on any atom is -0.459 e. The first-order valence-electron chi connectivity index (χ1n) is 5.09. The number of benzene rings is 1. The zero-order valence-corrected chi connectivity index (χ0v) is 9.66. The summed E-state index contributed by atoms with van der Waals surface area (Å²) in [4.78, 5) is 22.4. The number of aryl methyl sites for hydroxylation is 2. The fourth-order valence-corrected chi connectivity index (χ4v) is 1.43. The molecule has 0 atom stereocenters. The van der Waals surface area contributed by atoms with E-state index in [2.05, 4.69) is 10.1 Å². The zero-order chi connectivity index (χ0) is 12.1. The predicted octanol–water partition coefficient (Wildman–Crippen LogP) is 1.81. The number of esters is 1. The number of ether oxygens (including phenoxy) is 1. The van der Waals surface area contributed by atoms with Gasteiger partial charge in [-0.1, -0.05) is 6.07 Å². The molecule has 4 heteroatoms. The van der Waals surface area contributed by atoms with Gasteiger partial charge >= 0.3 is 11.9 Å². The molecule has 0 aliphatic heterocycles. The van der Waals surface area contributed by atoms with Crippen LogP contribution in [0.2, 0.25) is 0 Å². The molecule has 4 nitrogen and oxygen atoms in total. The lowest BCUT2D eigenvalue weighted by atomic mass is 10.1. The fourth-order valence-electron chi connectivity index (χ4n) is 1.43. The highest BCUT2D eigenvalue weighted by molar-refractivity contribution is 6.37. The Bertz CT molecular complexity index is 392. The molecule has 0 bridgehead atoms. The van der Waals surface area contributed by atoms with Crippen LogP contribution >= 0.6 is 0 Å². The molecule has 0 aliphatic carbocycles. The van der Waals surface area contributed by atoms with Crippen LogP contribution in [0.3, 0.4) is 0 Å². The van der Waals surface area contributed by atoms with Crippen LogP contribution in [0.25, 0.3) is 0 Å². The van der Waals surface area contributed by atoms with Gasteiger partial charge in [-0.25, -0.2) is 4.79 Å². The van der Waals surface area contributed by atoms with E-state index in [4.69, 9.17) is 0 Å². The van der Waals surface area contributed by atoms with Crippen molar-refractivity contribution in [2.75, 3.05) is 11.9 Å². The molecule has 16 heavy (non-hydrogen) atoms.